The first-order valence-corrected chi connectivity index (χ1v) is 13.9. The topological polar surface area (TPSA) is 37.4 Å². The van der Waals surface area contributed by atoms with Gasteiger partial charge < -0.3 is 0 Å². The van der Waals surface area contributed by atoms with E-state index in [9.17, 15) is 9.59 Å². The molecule has 0 aromatic heterocycles. The third kappa shape index (κ3) is 3.53. The normalized spacial score (nSPS) is 31.6. The molecule has 5 heteroatoms. The largest absolute Gasteiger partial charge is 0.268 e. The van der Waals surface area contributed by atoms with E-state index in [-0.39, 0.29) is 11.8 Å². The maximum atomic E-state index is 13.9. The fourth-order valence-corrected chi connectivity index (χ4v) is 12.8. The fraction of sp³-hybridized carbons (Fsp3) is 0.583. The lowest BCUT2D eigenvalue weighted by Gasteiger charge is -2.26. The van der Waals surface area contributed by atoms with Crippen molar-refractivity contribution in [3.8, 4) is 0 Å². The zero-order chi connectivity index (χ0) is 21.0. The van der Waals surface area contributed by atoms with Gasteiger partial charge in [0.05, 0.1) is 16.3 Å². The molecule has 156 valence electrons. The van der Waals surface area contributed by atoms with Crippen LogP contribution in [0.4, 0.5) is 5.69 Å². The molecule has 0 N–H and O–H groups in total. The smallest absolute Gasteiger partial charge is 0.266 e. The van der Waals surface area contributed by atoms with E-state index in [0.29, 0.717) is 22.6 Å². The number of anilines is 1. The number of hydrogen-bond donors (Lipinski definition) is 0. The van der Waals surface area contributed by atoms with Crippen LogP contribution >= 0.6 is 15.8 Å². The van der Waals surface area contributed by atoms with E-state index in [2.05, 4.69) is 33.8 Å². The van der Waals surface area contributed by atoms with E-state index < -0.39 is 15.8 Å². The number of nitrogens with zero attached hydrogens (tertiary/aromatic N) is 1. The zero-order valence-electron chi connectivity index (χ0n) is 18.5. The van der Waals surface area contributed by atoms with Crippen LogP contribution in [0.5, 0.6) is 0 Å². The predicted molar refractivity (Wildman–Crippen MR) is 126 cm³/mol. The van der Waals surface area contributed by atoms with Crippen LogP contribution in [0, 0.1) is 13.8 Å². The molecule has 2 saturated heterocycles. The molecule has 1 aromatic carbocycles. The Kier molecular flexibility index (Phi) is 5.77. The summed E-state index contributed by atoms with van der Waals surface area (Å²) in [5, 5.41) is 1.90. The number of carbonyl (C=O) groups excluding carboxylic acids is 2. The van der Waals surface area contributed by atoms with E-state index in [1.165, 1.54) is 30.6 Å². The number of rotatable bonds is 3. The molecule has 29 heavy (non-hydrogen) atoms. The van der Waals surface area contributed by atoms with Crippen LogP contribution < -0.4 is 4.90 Å². The summed E-state index contributed by atoms with van der Waals surface area (Å²) in [5.41, 5.74) is 5.07. The Labute approximate surface area is 177 Å². The Balaban J connectivity index is 1.86. The monoisotopic (exact) mass is 429 g/mol. The van der Waals surface area contributed by atoms with Crippen molar-refractivity contribution in [3.63, 3.8) is 0 Å². The molecule has 2 fully saturated rings. The van der Waals surface area contributed by atoms with Crippen molar-refractivity contribution in [2.75, 3.05) is 4.90 Å². The van der Waals surface area contributed by atoms with Gasteiger partial charge >= 0.3 is 0 Å². The molecule has 0 unspecified atom stereocenters. The second kappa shape index (κ2) is 7.90. The van der Waals surface area contributed by atoms with Crippen molar-refractivity contribution in [2.45, 2.75) is 89.9 Å². The standard InChI is InChI=1S/C24H33NO2P2/c1-14-11-15(2)13-20(12-14)25-23(26)21(28-16(3)7-8-17(28)4)22(24(25)27)29-18(5)9-10-19(29)6/h11-13,16-19H,7-10H2,1-6H3/t16-,17-,18-,19-/m0/s1. The number of aryl methyl sites for hydroxylation is 2. The lowest BCUT2D eigenvalue weighted by atomic mass is 10.1. The van der Waals surface area contributed by atoms with E-state index in [0.717, 1.165) is 27.4 Å². The van der Waals surface area contributed by atoms with Crippen LogP contribution in [0.15, 0.2) is 28.8 Å². The molecule has 0 radical (unpaired) electrons. The van der Waals surface area contributed by atoms with Gasteiger partial charge in [0.1, 0.15) is 0 Å². The quantitative estimate of drug-likeness (QED) is 0.407. The number of hydrogen-bond acceptors (Lipinski definition) is 2. The van der Waals surface area contributed by atoms with E-state index >= 15 is 0 Å². The van der Waals surface area contributed by atoms with Crippen LogP contribution in [-0.4, -0.2) is 34.5 Å². The lowest BCUT2D eigenvalue weighted by Crippen LogP contribution is -2.32. The maximum Gasteiger partial charge on any atom is 0.266 e. The van der Waals surface area contributed by atoms with Crippen LogP contribution in [-0.2, 0) is 9.59 Å². The highest BCUT2D eigenvalue weighted by Gasteiger charge is 2.51. The van der Waals surface area contributed by atoms with Gasteiger partial charge in [-0.25, -0.2) is 4.90 Å². The predicted octanol–water partition coefficient (Wildman–Crippen LogP) is 6.49. The number of benzene rings is 1. The second-order valence-corrected chi connectivity index (χ2v) is 15.4. The summed E-state index contributed by atoms with van der Waals surface area (Å²) in [6.07, 6.45) is 4.71. The molecular weight excluding hydrogens is 396 g/mol. The molecule has 4 atom stereocenters. The first kappa shape index (κ1) is 21.2. The van der Waals surface area contributed by atoms with Crippen molar-refractivity contribution in [1.29, 1.82) is 0 Å². The van der Waals surface area contributed by atoms with Gasteiger partial charge in [0.25, 0.3) is 11.8 Å². The summed E-state index contributed by atoms with van der Waals surface area (Å²) in [4.78, 5) is 29.3. The number of amides is 2. The van der Waals surface area contributed by atoms with Crippen LogP contribution in [0.25, 0.3) is 0 Å². The summed E-state index contributed by atoms with van der Waals surface area (Å²) >= 11 is 0. The van der Waals surface area contributed by atoms with Crippen LogP contribution in [0.3, 0.4) is 0 Å². The van der Waals surface area contributed by atoms with Gasteiger partial charge in [-0.3, -0.25) is 9.59 Å². The molecule has 4 rings (SSSR count). The Hall–Kier alpha value is -1.04. The van der Waals surface area contributed by atoms with Crippen molar-refractivity contribution >= 4 is 33.3 Å². The van der Waals surface area contributed by atoms with Gasteiger partial charge in [0.2, 0.25) is 0 Å². The Morgan fingerprint density at radius 1 is 0.690 bits per heavy atom. The Morgan fingerprint density at radius 3 is 1.38 bits per heavy atom. The summed E-state index contributed by atoms with van der Waals surface area (Å²) in [6.45, 7) is 13.3. The molecular formula is C24H33NO2P2. The third-order valence-electron chi connectivity index (χ3n) is 6.92. The molecule has 3 aliphatic heterocycles. The molecule has 3 heterocycles. The highest BCUT2D eigenvalue weighted by Crippen LogP contribution is 2.70. The molecule has 3 aliphatic rings. The van der Waals surface area contributed by atoms with Crippen LogP contribution in [0.1, 0.15) is 64.5 Å². The Morgan fingerprint density at radius 2 is 1.03 bits per heavy atom. The Bertz CT molecular complexity index is 807. The summed E-state index contributed by atoms with van der Waals surface area (Å²) in [6, 6.07) is 6.08. The van der Waals surface area contributed by atoms with Crippen molar-refractivity contribution in [2.24, 2.45) is 0 Å². The first-order valence-electron chi connectivity index (χ1n) is 11.0. The number of imide groups is 1. The van der Waals surface area contributed by atoms with Crippen molar-refractivity contribution < 1.29 is 9.59 Å². The minimum Gasteiger partial charge on any atom is -0.268 e. The lowest BCUT2D eigenvalue weighted by molar-refractivity contribution is -0.120. The van der Waals surface area contributed by atoms with E-state index in [1.54, 1.807) is 0 Å². The van der Waals surface area contributed by atoms with Gasteiger partial charge in [0, 0.05) is 0 Å². The number of carbonyl (C=O) groups is 2. The maximum absolute atomic E-state index is 13.9. The van der Waals surface area contributed by atoms with Gasteiger partial charge in [-0.1, -0.05) is 49.6 Å². The summed E-state index contributed by atoms with van der Waals surface area (Å²) in [7, 11) is -1.15. The zero-order valence-corrected chi connectivity index (χ0v) is 20.3. The average Bonchev–Trinajstić information content (AvgIpc) is 3.21. The van der Waals surface area contributed by atoms with E-state index in [4.69, 9.17) is 0 Å². The molecule has 0 spiro atoms. The molecule has 0 saturated carbocycles. The van der Waals surface area contributed by atoms with Gasteiger partial charge in [-0.2, -0.15) is 0 Å². The van der Waals surface area contributed by atoms with Crippen molar-refractivity contribution in [3.05, 3.63) is 40.0 Å². The molecule has 0 aliphatic carbocycles. The molecule has 1 aromatic rings. The van der Waals surface area contributed by atoms with Crippen molar-refractivity contribution in [1.82, 2.24) is 0 Å². The highest BCUT2D eigenvalue weighted by molar-refractivity contribution is 7.70. The summed E-state index contributed by atoms with van der Waals surface area (Å²) in [5.74, 6) is -0.00831. The van der Waals surface area contributed by atoms with Gasteiger partial charge in [0.15, 0.2) is 0 Å². The molecule has 0 bridgehead atoms. The third-order valence-corrected chi connectivity index (χ3v) is 13.8. The first-order chi connectivity index (χ1) is 13.7. The van der Waals surface area contributed by atoms with Gasteiger partial charge in [-0.05, 0) is 85.4 Å². The minimum absolute atomic E-state index is 0.00416. The van der Waals surface area contributed by atoms with Gasteiger partial charge in [-0.15, -0.1) is 0 Å². The molecule has 3 nitrogen and oxygen atoms in total. The highest BCUT2D eigenvalue weighted by atomic mass is 31.1. The summed E-state index contributed by atoms with van der Waals surface area (Å²) < 4.78 is 0. The SMILES string of the molecule is Cc1cc(C)cc(N2C(=O)C(P3[C@@H](C)CC[C@@H]3C)=C(P3[C@@H](C)CC[C@@H]3C)C2=O)c1. The molecule has 2 amide bonds. The van der Waals surface area contributed by atoms with Crippen LogP contribution in [0.2, 0.25) is 0 Å². The van der Waals surface area contributed by atoms with E-state index in [1.807, 2.05) is 26.0 Å². The average molecular weight is 429 g/mol. The fourth-order valence-electron chi connectivity index (χ4n) is 5.56. The minimum atomic E-state index is -0.577. The second-order valence-electron chi connectivity index (χ2n) is 9.35.